The first-order valence-electron chi connectivity index (χ1n) is 5.58. The van der Waals surface area contributed by atoms with E-state index in [0.29, 0.717) is 24.6 Å². The highest BCUT2D eigenvalue weighted by molar-refractivity contribution is 5.94. The summed E-state index contributed by atoms with van der Waals surface area (Å²) in [5.74, 6) is -2.03. The number of halogens is 4. The molecule has 1 unspecified atom stereocenters. The monoisotopic (exact) mass is 279 g/mol. The van der Waals surface area contributed by atoms with E-state index in [9.17, 15) is 22.4 Å². The van der Waals surface area contributed by atoms with Gasteiger partial charge in [-0.05, 0) is 24.6 Å². The second-order valence-corrected chi connectivity index (χ2v) is 3.95. The molecule has 3 nitrogen and oxygen atoms in total. The summed E-state index contributed by atoms with van der Waals surface area (Å²) in [6.07, 6.45) is -4.27. The number of carbonyl (C=O) groups excluding carboxylic acids is 1. The maximum absolute atomic E-state index is 13.4. The fourth-order valence-electron chi connectivity index (χ4n) is 1.42. The molecule has 0 saturated heterocycles. The van der Waals surface area contributed by atoms with E-state index in [1.165, 1.54) is 0 Å². The smallest absolute Gasteiger partial charge is 0.394 e. The van der Waals surface area contributed by atoms with E-state index in [1.54, 1.807) is 6.92 Å². The van der Waals surface area contributed by atoms with Crippen molar-refractivity contribution in [2.45, 2.75) is 25.6 Å². The third-order valence-electron chi connectivity index (χ3n) is 2.59. The zero-order valence-electron chi connectivity index (χ0n) is 10.1. The molecular weight excluding hydrogens is 266 g/mol. The zero-order chi connectivity index (χ0) is 14.6. The largest absolute Gasteiger partial charge is 0.416 e. The van der Waals surface area contributed by atoms with Crippen molar-refractivity contribution in [3.8, 4) is 0 Å². The number of rotatable bonds is 4. The van der Waals surface area contributed by atoms with Gasteiger partial charge in [-0.25, -0.2) is 4.39 Å². The molecule has 0 fully saturated rings. The van der Waals surface area contributed by atoms with Crippen molar-refractivity contribution in [3.05, 3.63) is 35.1 Å². The molecule has 1 aromatic rings. The van der Waals surface area contributed by atoms with Crippen LogP contribution in [0, 0.1) is 5.82 Å². The zero-order valence-corrected chi connectivity index (χ0v) is 10.1. The second kappa shape index (κ2) is 6.01. The molecule has 1 rings (SSSR count). The lowest BCUT2D eigenvalue weighted by atomic mass is 10.1. The lowest BCUT2D eigenvalue weighted by Crippen LogP contribution is -2.37. The summed E-state index contributed by atoms with van der Waals surface area (Å²) in [6, 6.07) is 0.989. The van der Waals surface area contributed by atoms with E-state index in [1.807, 2.05) is 0 Å². The van der Waals surface area contributed by atoms with Crippen molar-refractivity contribution < 1.29 is 27.5 Å². The molecular formula is C12H13F4NO2. The summed E-state index contributed by atoms with van der Waals surface area (Å²) in [5, 5.41) is 11.1. The number of aliphatic hydroxyl groups excluding tert-OH is 1. The van der Waals surface area contributed by atoms with Gasteiger partial charge in [0.15, 0.2) is 0 Å². The van der Waals surface area contributed by atoms with Gasteiger partial charge in [0, 0.05) is 0 Å². The number of alkyl halides is 3. The fraction of sp³-hybridized carbons (Fsp3) is 0.417. The molecule has 0 aliphatic carbocycles. The van der Waals surface area contributed by atoms with Gasteiger partial charge < -0.3 is 10.4 Å². The van der Waals surface area contributed by atoms with Gasteiger partial charge in [-0.1, -0.05) is 6.92 Å². The summed E-state index contributed by atoms with van der Waals surface area (Å²) in [5.41, 5.74) is -1.79. The molecule has 0 heterocycles. The van der Waals surface area contributed by atoms with Gasteiger partial charge in [0.1, 0.15) is 5.82 Å². The van der Waals surface area contributed by atoms with Crippen LogP contribution < -0.4 is 5.32 Å². The van der Waals surface area contributed by atoms with Gasteiger partial charge in [0.25, 0.3) is 5.91 Å². The molecule has 1 amide bonds. The average Bonchev–Trinajstić information content (AvgIpc) is 2.34. The van der Waals surface area contributed by atoms with E-state index in [-0.39, 0.29) is 6.61 Å². The molecule has 0 aliphatic rings. The van der Waals surface area contributed by atoms with Gasteiger partial charge in [-0.15, -0.1) is 0 Å². The first-order valence-corrected chi connectivity index (χ1v) is 5.58. The van der Waals surface area contributed by atoms with Gasteiger partial charge >= 0.3 is 6.18 Å². The highest BCUT2D eigenvalue weighted by atomic mass is 19.4. The molecule has 0 aliphatic heterocycles. The maximum Gasteiger partial charge on any atom is 0.416 e. The van der Waals surface area contributed by atoms with Crippen molar-refractivity contribution >= 4 is 5.91 Å². The highest BCUT2D eigenvalue weighted by Crippen LogP contribution is 2.30. The first-order chi connectivity index (χ1) is 8.79. The number of nitrogens with one attached hydrogen (secondary N) is 1. The molecule has 19 heavy (non-hydrogen) atoms. The number of hydrogen-bond acceptors (Lipinski definition) is 2. The minimum absolute atomic E-state index is 0.372. The maximum atomic E-state index is 13.4. The van der Waals surface area contributed by atoms with E-state index >= 15 is 0 Å². The van der Waals surface area contributed by atoms with E-state index in [4.69, 9.17) is 5.11 Å². The topological polar surface area (TPSA) is 49.3 Å². The van der Waals surface area contributed by atoms with Crippen LogP contribution in [0.1, 0.15) is 29.3 Å². The van der Waals surface area contributed by atoms with Gasteiger partial charge in [0.05, 0.1) is 23.8 Å². The quantitative estimate of drug-likeness (QED) is 0.831. The number of hydrogen-bond donors (Lipinski definition) is 2. The van der Waals surface area contributed by atoms with Gasteiger partial charge in [-0.3, -0.25) is 4.79 Å². The Hall–Kier alpha value is -1.63. The third-order valence-corrected chi connectivity index (χ3v) is 2.59. The molecule has 0 saturated carbocycles. The Morgan fingerprint density at radius 3 is 2.53 bits per heavy atom. The SMILES string of the molecule is CCC(CO)NC(=O)c1cc(C(F)(F)F)ccc1F. The highest BCUT2D eigenvalue weighted by Gasteiger charge is 2.32. The third kappa shape index (κ3) is 3.92. The predicted molar refractivity (Wildman–Crippen MR) is 60.0 cm³/mol. The van der Waals surface area contributed by atoms with Gasteiger partial charge in [-0.2, -0.15) is 13.2 Å². The number of aliphatic hydroxyl groups is 1. The van der Waals surface area contributed by atoms with Gasteiger partial charge in [0.2, 0.25) is 0 Å². The summed E-state index contributed by atoms with van der Waals surface area (Å²) < 4.78 is 50.8. The van der Waals surface area contributed by atoms with Crippen molar-refractivity contribution in [1.82, 2.24) is 5.32 Å². The van der Waals surface area contributed by atoms with Crippen LogP contribution in [-0.4, -0.2) is 23.7 Å². The van der Waals surface area contributed by atoms with E-state index in [0.717, 1.165) is 0 Å². The lowest BCUT2D eigenvalue weighted by Gasteiger charge is -2.15. The van der Waals surface area contributed by atoms with Crippen molar-refractivity contribution in [1.29, 1.82) is 0 Å². The van der Waals surface area contributed by atoms with E-state index in [2.05, 4.69) is 5.32 Å². The van der Waals surface area contributed by atoms with Crippen LogP contribution in [0.4, 0.5) is 17.6 Å². The molecule has 106 valence electrons. The normalized spacial score (nSPS) is 13.2. The minimum atomic E-state index is -4.65. The summed E-state index contributed by atoms with van der Waals surface area (Å²) >= 11 is 0. The van der Waals surface area contributed by atoms with Crippen LogP contribution in [0.3, 0.4) is 0 Å². The summed E-state index contributed by atoms with van der Waals surface area (Å²) in [6.45, 7) is 1.30. The molecule has 7 heteroatoms. The molecule has 0 aromatic heterocycles. The standard InChI is InChI=1S/C12H13F4NO2/c1-2-8(6-18)17-11(19)9-5-7(12(14,15)16)3-4-10(9)13/h3-5,8,18H,2,6H2,1H3,(H,17,19). The Kier molecular flexibility index (Phi) is 4.88. The summed E-state index contributed by atoms with van der Waals surface area (Å²) in [4.78, 5) is 11.6. The Morgan fingerprint density at radius 1 is 1.42 bits per heavy atom. The molecule has 1 atom stereocenters. The average molecular weight is 279 g/mol. The Balaban J connectivity index is 3.02. The van der Waals surface area contributed by atoms with Crippen molar-refractivity contribution in [2.24, 2.45) is 0 Å². The fourth-order valence-corrected chi connectivity index (χ4v) is 1.42. The predicted octanol–water partition coefficient (Wildman–Crippen LogP) is 2.35. The molecule has 0 bridgehead atoms. The number of carbonyl (C=O) groups is 1. The van der Waals surface area contributed by atoms with Crippen LogP contribution in [0.2, 0.25) is 0 Å². The molecule has 1 aromatic carbocycles. The van der Waals surface area contributed by atoms with Crippen LogP contribution in [0.15, 0.2) is 18.2 Å². The van der Waals surface area contributed by atoms with Crippen molar-refractivity contribution in [3.63, 3.8) is 0 Å². The van der Waals surface area contributed by atoms with Crippen molar-refractivity contribution in [2.75, 3.05) is 6.61 Å². The summed E-state index contributed by atoms with van der Waals surface area (Å²) in [7, 11) is 0. The van der Waals surface area contributed by atoms with Crippen LogP contribution in [-0.2, 0) is 6.18 Å². The van der Waals surface area contributed by atoms with Crippen LogP contribution >= 0.6 is 0 Å². The first kappa shape index (κ1) is 15.4. The lowest BCUT2D eigenvalue weighted by molar-refractivity contribution is -0.137. The molecule has 2 N–H and O–H groups in total. The number of amides is 1. The van der Waals surface area contributed by atoms with Crippen LogP contribution in [0.5, 0.6) is 0 Å². The number of benzene rings is 1. The Morgan fingerprint density at radius 2 is 2.05 bits per heavy atom. The minimum Gasteiger partial charge on any atom is -0.394 e. The van der Waals surface area contributed by atoms with Crippen LogP contribution in [0.25, 0.3) is 0 Å². The Bertz CT molecular complexity index is 456. The second-order valence-electron chi connectivity index (χ2n) is 3.95. The Labute approximate surface area is 107 Å². The molecule has 0 spiro atoms. The molecule has 0 radical (unpaired) electrons. The van der Waals surface area contributed by atoms with E-state index < -0.39 is 35.1 Å².